The fourth-order valence-corrected chi connectivity index (χ4v) is 3.93. The smallest absolute Gasteiger partial charge is 0.265 e. The van der Waals surface area contributed by atoms with Crippen LogP contribution in [0.5, 0.6) is 11.5 Å². The van der Waals surface area contributed by atoms with Gasteiger partial charge in [-0.2, -0.15) is 0 Å². The molecular weight excluding hydrogens is 452 g/mol. The highest BCUT2D eigenvalue weighted by atomic mass is 16.5. The second kappa shape index (κ2) is 11.9. The first-order chi connectivity index (χ1) is 17.6. The molecule has 36 heavy (non-hydrogen) atoms. The third kappa shape index (κ3) is 6.02. The standard InChI is InChI=1S/C30H30N2O4/c1-3-27(35-21-13-7-5-8-14-21)29(33)31-25-19-11-18-24-23(25)17-12-20-26(24)32-30(34)28(4-2)36-22-15-9-6-10-16-22/h5-20,27-28H,3-4H2,1-2H3,(H,31,33)(H,32,34). The van der Waals surface area contributed by atoms with E-state index < -0.39 is 12.2 Å². The molecule has 0 aliphatic carbocycles. The van der Waals surface area contributed by atoms with Crippen molar-refractivity contribution < 1.29 is 19.1 Å². The summed E-state index contributed by atoms with van der Waals surface area (Å²) in [6.07, 6.45) is -0.226. The predicted molar refractivity (Wildman–Crippen MR) is 144 cm³/mol. The van der Waals surface area contributed by atoms with E-state index >= 15 is 0 Å². The second-order valence-corrected chi connectivity index (χ2v) is 8.34. The van der Waals surface area contributed by atoms with Crippen LogP contribution in [-0.2, 0) is 9.59 Å². The summed E-state index contributed by atoms with van der Waals surface area (Å²) in [6.45, 7) is 3.82. The highest BCUT2D eigenvalue weighted by molar-refractivity contribution is 6.10. The van der Waals surface area contributed by atoms with Gasteiger partial charge in [0.1, 0.15) is 11.5 Å². The quantitative estimate of drug-likeness (QED) is 0.273. The van der Waals surface area contributed by atoms with Crippen LogP contribution in [0.3, 0.4) is 0 Å². The zero-order valence-corrected chi connectivity index (χ0v) is 20.4. The lowest BCUT2D eigenvalue weighted by atomic mass is 10.1. The summed E-state index contributed by atoms with van der Waals surface area (Å²) in [5.41, 5.74) is 1.30. The van der Waals surface area contributed by atoms with Crippen LogP contribution in [0.25, 0.3) is 10.8 Å². The summed E-state index contributed by atoms with van der Waals surface area (Å²) < 4.78 is 11.8. The number of carbonyl (C=O) groups is 2. The molecule has 6 heteroatoms. The minimum absolute atomic E-state index is 0.231. The van der Waals surface area contributed by atoms with Crippen molar-refractivity contribution in [2.45, 2.75) is 38.9 Å². The number of carbonyl (C=O) groups excluding carboxylic acids is 2. The lowest BCUT2D eigenvalue weighted by molar-refractivity contribution is -0.123. The van der Waals surface area contributed by atoms with Crippen LogP contribution < -0.4 is 20.1 Å². The largest absolute Gasteiger partial charge is 0.481 e. The molecule has 4 aromatic carbocycles. The maximum atomic E-state index is 13.0. The maximum absolute atomic E-state index is 13.0. The predicted octanol–water partition coefficient (Wildman–Crippen LogP) is 6.43. The van der Waals surface area contributed by atoms with Gasteiger partial charge in [0.25, 0.3) is 11.8 Å². The molecule has 4 rings (SSSR count). The van der Waals surface area contributed by atoms with Gasteiger partial charge in [-0.3, -0.25) is 9.59 Å². The normalized spacial score (nSPS) is 12.4. The van der Waals surface area contributed by atoms with Crippen LogP contribution in [0.2, 0.25) is 0 Å². The molecule has 184 valence electrons. The van der Waals surface area contributed by atoms with E-state index in [0.29, 0.717) is 35.7 Å². The van der Waals surface area contributed by atoms with E-state index in [9.17, 15) is 9.59 Å². The molecule has 0 saturated heterocycles. The third-order valence-electron chi connectivity index (χ3n) is 5.81. The summed E-state index contributed by atoms with van der Waals surface area (Å²) in [5, 5.41) is 7.63. The Kier molecular flexibility index (Phi) is 8.19. The van der Waals surface area contributed by atoms with Crippen LogP contribution in [0.1, 0.15) is 26.7 Å². The Balaban J connectivity index is 1.51. The van der Waals surface area contributed by atoms with Crippen LogP contribution >= 0.6 is 0 Å². The highest BCUT2D eigenvalue weighted by Crippen LogP contribution is 2.30. The molecular formula is C30H30N2O4. The molecule has 2 unspecified atom stereocenters. The van der Waals surface area contributed by atoms with E-state index in [0.717, 1.165) is 10.8 Å². The first-order valence-electron chi connectivity index (χ1n) is 12.2. The lowest BCUT2D eigenvalue weighted by Gasteiger charge is -2.19. The van der Waals surface area contributed by atoms with Crippen LogP contribution in [0, 0.1) is 0 Å². The van der Waals surface area contributed by atoms with Crippen LogP contribution in [-0.4, -0.2) is 24.0 Å². The number of anilines is 2. The summed E-state index contributed by atoms with van der Waals surface area (Å²) >= 11 is 0. The van der Waals surface area contributed by atoms with Crippen molar-refractivity contribution in [2.24, 2.45) is 0 Å². The van der Waals surface area contributed by atoms with Gasteiger partial charge in [0, 0.05) is 22.1 Å². The summed E-state index contributed by atoms with van der Waals surface area (Å²) in [7, 11) is 0. The molecule has 2 N–H and O–H groups in total. The molecule has 0 bridgehead atoms. The summed E-state index contributed by atoms with van der Waals surface area (Å²) in [5.74, 6) is 0.826. The highest BCUT2D eigenvalue weighted by Gasteiger charge is 2.21. The molecule has 0 aromatic heterocycles. The van der Waals surface area contributed by atoms with E-state index in [1.54, 1.807) is 0 Å². The number of rotatable bonds is 10. The van der Waals surface area contributed by atoms with E-state index in [1.807, 2.05) is 111 Å². The zero-order valence-electron chi connectivity index (χ0n) is 20.4. The molecule has 2 atom stereocenters. The third-order valence-corrected chi connectivity index (χ3v) is 5.81. The molecule has 0 saturated carbocycles. The Morgan fingerprint density at radius 1 is 0.583 bits per heavy atom. The van der Waals surface area contributed by atoms with Gasteiger partial charge >= 0.3 is 0 Å². The van der Waals surface area contributed by atoms with Crippen molar-refractivity contribution in [1.29, 1.82) is 0 Å². The SMILES string of the molecule is CCC(Oc1ccccc1)C(=O)Nc1cccc2c(NC(=O)C(CC)Oc3ccccc3)cccc12. The monoisotopic (exact) mass is 482 g/mol. The molecule has 0 aliphatic heterocycles. The molecule has 0 spiro atoms. The Morgan fingerprint density at radius 2 is 0.972 bits per heavy atom. The van der Waals surface area contributed by atoms with Crippen molar-refractivity contribution in [2.75, 3.05) is 10.6 Å². The fraction of sp³-hybridized carbons (Fsp3) is 0.200. The topological polar surface area (TPSA) is 76.7 Å². The van der Waals surface area contributed by atoms with Crippen LogP contribution in [0.4, 0.5) is 11.4 Å². The maximum Gasteiger partial charge on any atom is 0.265 e. The molecule has 0 radical (unpaired) electrons. The Bertz CT molecular complexity index is 1210. The van der Waals surface area contributed by atoms with E-state index in [1.165, 1.54) is 0 Å². The average molecular weight is 483 g/mol. The van der Waals surface area contributed by atoms with Gasteiger partial charge in [0.05, 0.1) is 0 Å². The number of ether oxygens (including phenoxy) is 2. The minimum atomic E-state index is -0.633. The molecule has 2 amide bonds. The zero-order chi connectivity index (χ0) is 25.3. The van der Waals surface area contributed by atoms with E-state index in [2.05, 4.69) is 10.6 Å². The van der Waals surface area contributed by atoms with Gasteiger partial charge < -0.3 is 20.1 Å². The van der Waals surface area contributed by atoms with Gasteiger partial charge in [-0.1, -0.05) is 74.5 Å². The Hall–Kier alpha value is -4.32. The Labute approximate surface area is 211 Å². The average Bonchev–Trinajstić information content (AvgIpc) is 2.92. The first-order valence-corrected chi connectivity index (χ1v) is 12.2. The molecule has 0 aliphatic rings. The lowest BCUT2D eigenvalue weighted by Crippen LogP contribution is -2.32. The fourth-order valence-electron chi connectivity index (χ4n) is 3.93. The van der Waals surface area contributed by atoms with E-state index in [-0.39, 0.29) is 11.8 Å². The second-order valence-electron chi connectivity index (χ2n) is 8.34. The molecule has 6 nitrogen and oxygen atoms in total. The first kappa shape index (κ1) is 24.8. The van der Waals surface area contributed by atoms with Gasteiger partial charge in [0.2, 0.25) is 0 Å². The number of amides is 2. The van der Waals surface area contributed by atoms with Crippen LogP contribution in [0.15, 0.2) is 97.1 Å². The number of benzene rings is 4. The number of hydrogen-bond acceptors (Lipinski definition) is 4. The Morgan fingerprint density at radius 3 is 1.33 bits per heavy atom. The van der Waals surface area contributed by atoms with Gasteiger partial charge in [0.15, 0.2) is 12.2 Å². The molecule has 0 fully saturated rings. The molecule has 0 heterocycles. The van der Waals surface area contributed by atoms with Crippen molar-refractivity contribution >= 4 is 34.0 Å². The van der Waals surface area contributed by atoms with E-state index in [4.69, 9.17) is 9.47 Å². The van der Waals surface area contributed by atoms with Gasteiger partial charge in [-0.05, 0) is 49.2 Å². The van der Waals surface area contributed by atoms with Crippen molar-refractivity contribution in [3.8, 4) is 11.5 Å². The van der Waals surface area contributed by atoms with Gasteiger partial charge in [-0.15, -0.1) is 0 Å². The van der Waals surface area contributed by atoms with Gasteiger partial charge in [-0.25, -0.2) is 0 Å². The van der Waals surface area contributed by atoms with Crippen molar-refractivity contribution in [3.63, 3.8) is 0 Å². The summed E-state index contributed by atoms with van der Waals surface area (Å²) in [4.78, 5) is 26.1. The number of hydrogen-bond donors (Lipinski definition) is 2. The number of nitrogens with one attached hydrogen (secondary N) is 2. The molecule has 4 aromatic rings. The number of fused-ring (bicyclic) bond motifs is 1. The minimum Gasteiger partial charge on any atom is -0.481 e. The summed E-state index contributed by atoms with van der Waals surface area (Å²) in [6, 6.07) is 29.8. The van der Waals surface area contributed by atoms with Crippen molar-refractivity contribution in [3.05, 3.63) is 97.1 Å². The number of para-hydroxylation sites is 2. The van der Waals surface area contributed by atoms with Crippen molar-refractivity contribution in [1.82, 2.24) is 0 Å².